The van der Waals surface area contributed by atoms with Gasteiger partial charge in [-0.05, 0) is 32.4 Å². The van der Waals surface area contributed by atoms with E-state index in [1.807, 2.05) is 0 Å². The number of rotatable bonds is 3. The van der Waals surface area contributed by atoms with E-state index in [0.29, 0.717) is 19.4 Å². The third-order valence-corrected chi connectivity index (χ3v) is 4.11. The normalized spacial score (nSPS) is 19.7. The van der Waals surface area contributed by atoms with Crippen molar-refractivity contribution in [3.8, 4) is 11.8 Å². The van der Waals surface area contributed by atoms with Gasteiger partial charge in [0.25, 0.3) is 0 Å². The summed E-state index contributed by atoms with van der Waals surface area (Å²) in [6, 6.07) is -0.447. The van der Waals surface area contributed by atoms with Crippen molar-refractivity contribution in [2.24, 2.45) is 0 Å². The molecule has 1 unspecified atom stereocenters. The Morgan fingerprint density at radius 2 is 1.65 bits per heavy atom. The van der Waals surface area contributed by atoms with E-state index in [9.17, 15) is 9.59 Å². The lowest BCUT2D eigenvalue weighted by Crippen LogP contribution is -2.39. The zero-order valence-corrected chi connectivity index (χ0v) is 14.8. The number of aliphatic carboxylic acids is 2. The Kier molecular flexibility index (Phi) is 9.15. The fraction of sp³-hybridized carbons (Fsp3) is 0.647. The second kappa shape index (κ2) is 11.1. The van der Waals surface area contributed by atoms with Crippen molar-refractivity contribution in [1.29, 1.82) is 0 Å². The molecule has 2 heterocycles. The Bertz CT molecular complexity index is 576. The molecule has 0 bridgehead atoms. The van der Waals surface area contributed by atoms with Crippen LogP contribution in [-0.2, 0) is 23.9 Å². The molecule has 0 spiro atoms. The second-order valence-electron chi connectivity index (χ2n) is 5.90. The molecular weight excluding hydrogens is 344 g/mol. The van der Waals surface area contributed by atoms with Gasteiger partial charge in [-0.25, -0.2) is 14.4 Å². The van der Waals surface area contributed by atoms with Crippen LogP contribution in [0, 0.1) is 11.8 Å². The molecule has 9 heteroatoms. The smallest absolute Gasteiger partial charge is 0.414 e. The van der Waals surface area contributed by atoms with Crippen molar-refractivity contribution in [1.82, 2.24) is 9.80 Å². The van der Waals surface area contributed by atoms with Gasteiger partial charge < -0.3 is 19.8 Å². The molecule has 0 saturated carbocycles. The first-order valence-corrected chi connectivity index (χ1v) is 8.38. The van der Waals surface area contributed by atoms with Crippen molar-refractivity contribution in [3.63, 3.8) is 0 Å². The van der Waals surface area contributed by atoms with Crippen LogP contribution in [0.25, 0.3) is 0 Å². The number of nitrogens with zero attached hydrogens (tertiary/aromatic N) is 2. The van der Waals surface area contributed by atoms with Crippen LogP contribution in [-0.4, -0.2) is 83.2 Å². The minimum atomic E-state index is -1.82. The van der Waals surface area contributed by atoms with Crippen LogP contribution in [0.2, 0.25) is 0 Å². The number of carboxylic acid groups (broad SMARTS) is 2. The van der Waals surface area contributed by atoms with Gasteiger partial charge in [0.05, 0.1) is 20.2 Å². The highest BCUT2D eigenvalue weighted by atomic mass is 16.5. The molecule has 2 aliphatic rings. The molecule has 26 heavy (non-hydrogen) atoms. The van der Waals surface area contributed by atoms with E-state index < -0.39 is 18.0 Å². The Labute approximate surface area is 151 Å². The number of hydrogen-bond donors (Lipinski definition) is 2. The lowest BCUT2D eigenvalue weighted by molar-refractivity contribution is -0.159. The molecule has 2 rings (SSSR count). The number of carbonyl (C=O) groups is 4. The Hall–Kier alpha value is -2.60. The largest absolute Gasteiger partial charge is 0.473 e. The molecule has 0 aromatic rings. The summed E-state index contributed by atoms with van der Waals surface area (Å²) in [7, 11) is 1.35. The quantitative estimate of drug-likeness (QED) is 0.398. The SMILES string of the molecule is COC(=O)C1CCC(=O)N1CC#CCN1CCCCC1.O=C(O)C(=O)O. The van der Waals surface area contributed by atoms with Crippen molar-refractivity contribution in [2.45, 2.75) is 38.1 Å². The van der Waals surface area contributed by atoms with E-state index in [4.69, 9.17) is 24.5 Å². The maximum Gasteiger partial charge on any atom is 0.414 e. The summed E-state index contributed by atoms with van der Waals surface area (Å²) in [5.41, 5.74) is 0. The third kappa shape index (κ3) is 7.11. The summed E-state index contributed by atoms with van der Waals surface area (Å²) in [6.45, 7) is 3.31. The average molecular weight is 368 g/mol. The molecule has 0 radical (unpaired) electrons. The van der Waals surface area contributed by atoms with Gasteiger partial charge in [-0.3, -0.25) is 9.69 Å². The van der Waals surface area contributed by atoms with Crippen molar-refractivity contribution >= 4 is 23.8 Å². The molecule has 2 saturated heterocycles. The van der Waals surface area contributed by atoms with Crippen LogP contribution in [0.15, 0.2) is 0 Å². The van der Waals surface area contributed by atoms with Gasteiger partial charge in [-0.1, -0.05) is 18.3 Å². The number of piperidine rings is 1. The molecule has 144 valence electrons. The van der Waals surface area contributed by atoms with Gasteiger partial charge in [0.2, 0.25) is 5.91 Å². The zero-order chi connectivity index (χ0) is 19.5. The highest BCUT2D eigenvalue weighted by Crippen LogP contribution is 2.19. The number of carboxylic acids is 2. The van der Waals surface area contributed by atoms with Gasteiger partial charge in [-0.2, -0.15) is 0 Å². The van der Waals surface area contributed by atoms with E-state index in [1.165, 1.54) is 31.3 Å². The van der Waals surface area contributed by atoms with Crippen molar-refractivity contribution in [3.05, 3.63) is 0 Å². The number of esters is 1. The van der Waals surface area contributed by atoms with Crippen LogP contribution in [0.3, 0.4) is 0 Å². The van der Waals surface area contributed by atoms with Gasteiger partial charge in [0.1, 0.15) is 6.04 Å². The number of likely N-dealkylation sites (tertiary alicyclic amines) is 2. The number of ether oxygens (including phenoxy) is 1. The molecule has 0 aliphatic carbocycles. The molecule has 2 N–H and O–H groups in total. The average Bonchev–Trinajstić information content (AvgIpc) is 3.00. The molecule has 0 aromatic carbocycles. The zero-order valence-electron chi connectivity index (χ0n) is 14.8. The number of hydrogen-bond acceptors (Lipinski definition) is 6. The molecule has 9 nitrogen and oxygen atoms in total. The van der Waals surface area contributed by atoms with Gasteiger partial charge in [0.15, 0.2) is 0 Å². The fourth-order valence-corrected chi connectivity index (χ4v) is 2.74. The first-order chi connectivity index (χ1) is 12.4. The molecule has 0 aromatic heterocycles. The van der Waals surface area contributed by atoms with Crippen molar-refractivity contribution < 1.29 is 34.1 Å². The highest BCUT2D eigenvalue weighted by molar-refractivity contribution is 6.27. The predicted molar refractivity (Wildman–Crippen MR) is 90.1 cm³/mol. The van der Waals surface area contributed by atoms with E-state index in [0.717, 1.165) is 19.6 Å². The first kappa shape index (κ1) is 21.4. The minimum absolute atomic E-state index is 0.00678. The Balaban J connectivity index is 0.000000487. The lowest BCUT2D eigenvalue weighted by atomic mass is 10.1. The number of methoxy groups -OCH3 is 1. The standard InChI is InChI=1S/C15H22N2O3.C2H2O4/c1-20-15(19)13-7-8-14(18)17(13)12-6-5-11-16-9-3-2-4-10-16;3-1(4)2(5)6/h13H,2-4,7-12H2,1H3;(H,3,4)(H,5,6). The molecular formula is C17H24N2O7. The Morgan fingerprint density at radius 1 is 1.08 bits per heavy atom. The maximum atomic E-state index is 11.7. The predicted octanol–water partition coefficient (Wildman–Crippen LogP) is -0.205. The van der Waals surface area contributed by atoms with Crippen LogP contribution in [0.4, 0.5) is 0 Å². The van der Waals surface area contributed by atoms with Gasteiger partial charge >= 0.3 is 17.9 Å². The van der Waals surface area contributed by atoms with Crippen LogP contribution in [0.1, 0.15) is 32.1 Å². The highest BCUT2D eigenvalue weighted by Gasteiger charge is 2.36. The molecule has 1 atom stereocenters. The summed E-state index contributed by atoms with van der Waals surface area (Å²) in [4.78, 5) is 45.4. The topological polar surface area (TPSA) is 124 Å². The summed E-state index contributed by atoms with van der Waals surface area (Å²) >= 11 is 0. The fourth-order valence-electron chi connectivity index (χ4n) is 2.74. The third-order valence-electron chi connectivity index (χ3n) is 4.11. The molecule has 1 amide bonds. The molecule has 2 fully saturated rings. The van der Waals surface area contributed by atoms with E-state index in [-0.39, 0.29) is 11.9 Å². The van der Waals surface area contributed by atoms with E-state index >= 15 is 0 Å². The van der Waals surface area contributed by atoms with Crippen LogP contribution in [0.5, 0.6) is 0 Å². The monoisotopic (exact) mass is 368 g/mol. The number of carbonyl (C=O) groups excluding carboxylic acids is 2. The lowest BCUT2D eigenvalue weighted by Gasteiger charge is -2.24. The summed E-state index contributed by atoms with van der Waals surface area (Å²) < 4.78 is 4.72. The van der Waals surface area contributed by atoms with Gasteiger partial charge in [-0.15, -0.1) is 0 Å². The molecule has 2 aliphatic heterocycles. The summed E-state index contributed by atoms with van der Waals surface area (Å²) in [5.74, 6) is 2.14. The minimum Gasteiger partial charge on any atom is -0.473 e. The summed E-state index contributed by atoms with van der Waals surface area (Å²) in [6.07, 6.45) is 4.76. The first-order valence-electron chi connectivity index (χ1n) is 8.38. The summed E-state index contributed by atoms with van der Waals surface area (Å²) in [5, 5.41) is 14.8. The Morgan fingerprint density at radius 3 is 2.19 bits per heavy atom. The van der Waals surface area contributed by atoms with Gasteiger partial charge in [0, 0.05) is 6.42 Å². The van der Waals surface area contributed by atoms with E-state index in [2.05, 4.69) is 16.7 Å². The second-order valence-corrected chi connectivity index (χ2v) is 5.90. The van der Waals surface area contributed by atoms with Crippen LogP contribution < -0.4 is 0 Å². The van der Waals surface area contributed by atoms with Crippen LogP contribution >= 0.6 is 0 Å². The number of amides is 1. The van der Waals surface area contributed by atoms with E-state index in [1.54, 1.807) is 0 Å². The van der Waals surface area contributed by atoms with Crippen molar-refractivity contribution in [2.75, 3.05) is 33.3 Å². The maximum absolute atomic E-state index is 11.7.